The molecule has 0 radical (unpaired) electrons. The first kappa shape index (κ1) is 16.0. The minimum absolute atomic E-state index is 0.299. The van der Waals surface area contributed by atoms with Crippen molar-refractivity contribution in [3.8, 4) is 17.2 Å². The van der Waals surface area contributed by atoms with E-state index in [1.54, 1.807) is 0 Å². The van der Waals surface area contributed by atoms with Gasteiger partial charge in [0.1, 0.15) is 5.75 Å². The summed E-state index contributed by atoms with van der Waals surface area (Å²) < 4.78 is 16.8. The van der Waals surface area contributed by atoms with Crippen molar-refractivity contribution in [2.24, 2.45) is 5.92 Å². The minimum atomic E-state index is 0.299. The number of fused-ring (bicyclic) bond motifs is 1. The van der Waals surface area contributed by atoms with Gasteiger partial charge in [-0.1, -0.05) is 33.6 Å². The van der Waals surface area contributed by atoms with Crippen molar-refractivity contribution in [1.82, 2.24) is 5.32 Å². The molecule has 1 aliphatic rings. The van der Waals surface area contributed by atoms with E-state index in [4.69, 9.17) is 14.2 Å². The monoisotopic (exact) mass is 293 g/mol. The third kappa shape index (κ3) is 4.81. The van der Waals surface area contributed by atoms with E-state index in [-0.39, 0.29) is 0 Å². The van der Waals surface area contributed by atoms with Crippen LogP contribution in [0.25, 0.3) is 0 Å². The van der Waals surface area contributed by atoms with Crippen LogP contribution in [0.3, 0.4) is 0 Å². The summed E-state index contributed by atoms with van der Waals surface area (Å²) in [7, 11) is 0. The molecule has 118 valence electrons. The van der Waals surface area contributed by atoms with Gasteiger partial charge in [0.05, 0.1) is 6.61 Å². The van der Waals surface area contributed by atoms with Crippen molar-refractivity contribution in [1.29, 1.82) is 0 Å². The lowest BCUT2D eigenvalue weighted by molar-refractivity contribution is 0.173. The van der Waals surface area contributed by atoms with Crippen LogP contribution in [0.15, 0.2) is 12.1 Å². The molecule has 0 amide bonds. The Kier molecular flexibility index (Phi) is 6.18. The van der Waals surface area contributed by atoms with E-state index >= 15 is 0 Å². The van der Waals surface area contributed by atoms with Gasteiger partial charge in [-0.05, 0) is 24.9 Å². The number of benzene rings is 1. The lowest BCUT2D eigenvalue weighted by Gasteiger charge is -2.14. The highest BCUT2D eigenvalue weighted by molar-refractivity contribution is 5.51. The van der Waals surface area contributed by atoms with Crippen LogP contribution in [-0.4, -0.2) is 19.9 Å². The average Bonchev–Trinajstić information content (AvgIpc) is 2.90. The topological polar surface area (TPSA) is 39.7 Å². The molecule has 1 heterocycles. The zero-order valence-corrected chi connectivity index (χ0v) is 13.4. The standard InChI is InChI=1S/C17H27NO3/c1-4-5-6-7-19-15-9-17-16(20-12-21-17)8-14(15)11-18-10-13(2)3/h8-9,13,18H,4-7,10-12H2,1-3H3. The summed E-state index contributed by atoms with van der Waals surface area (Å²) in [5, 5.41) is 3.46. The largest absolute Gasteiger partial charge is 0.493 e. The molecule has 0 saturated carbocycles. The summed E-state index contributed by atoms with van der Waals surface area (Å²) in [5.41, 5.74) is 1.14. The Morgan fingerprint density at radius 1 is 1.19 bits per heavy atom. The van der Waals surface area contributed by atoms with E-state index in [9.17, 15) is 0 Å². The molecule has 0 aliphatic carbocycles. The third-order valence-corrected chi connectivity index (χ3v) is 3.43. The molecule has 21 heavy (non-hydrogen) atoms. The molecule has 4 heteroatoms. The van der Waals surface area contributed by atoms with E-state index in [1.165, 1.54) is 12.8 Å². The highest BCUT2D eigenvalue weighted by Crippen LogP contribution is 2.38. The Balaban J connectivity index is 2.00. The molecule has 0 atom stereocenters. The van der Waals surface area contributed by atoms with Crippen LogP contribution in [0.1, 0.15) is 45.6 Å². The molecule has 2 rings (SSSR count). The molecular weight excluding hydrogens is 266 g/mol. The van der Waals surface area contributed by atoms with E-state index in [0.717, 1.165) is 48.9 Å². The number of nitrogens with one attached hydrogen (secondary N) is 1. The van der Waals surface area contributed by atoms with Crippen molar-refractivity contribution in [2.45, 2.75) is 46.6 Å². The van der Waals surface area contributed by atoms with Gasteiger partial charge < -0.3 is 19.5 Å². The first-order valence-electron chi connectivity index (χ1n) is 7.96. The quantitative estimate of drug-likeness (QED) is 0.704. The maximum atomic E-state index is 5.95. The first-order chi connectivity index (χ1) is 10.2. The molecule has 0 spiro atoms. The predicted octanol–water partition coefficient (Wildman–Crippen LogP) is 3.73. The van der Waals surface area contributed by atoms with Gasteiger partial charge in [-0.3, -0.25) is 0 Å². The van der Waals surface area contributed by atoms with Crippen molar-refractivity contribution in [3.63, 3.8) is 0 Å². The van der Waals surface area contributed by atoms with Gasteiger partial charge in [0.25, 0.3) is 0 Å². The van der Waals surface area contributed by atoms with E-state index in [1.807, 2.05) is 12.1 Å². The Labute approximate surface area is 127 Å². The Morgan fingerprint density at radius 2 is 1.95 bits per heavy atom. The lowest BCUT2D eigenvalue weighted by atomic mass is 10.1. The smallest absolute Gasteiger partial charge is 0.231 e. The molecule has 0 fully saturated rings. The predicted molar refractivity (Wildman–Crippen MR) is 84.1 cm³/mol. The fourth-order valence-electron chi connectivity index (χ4n) is 2.27. The number of ether oxygens (including phenoxy) is 3. The van der Waals surface area contributed by atoms with Crippen molar-refractivity contribution < 1.29 is 14.2 Å². The fourth-order valence-corrected chi connectivity index (χ4v) is 2.27. The van der Waals surface area contributed by atoms with Crippen LogP contribution in [-0.2, 0) is 6.54 Å². The van der Waals surface area contributed by atoms with Gasteiger partial charge in [-0.25, -0.2) is 0 Å². The second-order valence-corrected chi connectivity index (χ2v) is 5.89. The number of unbranched alkanes of at least 4 members (excludes halogenated alkanes) is 2. The maximum Gasteiger partial charge on any atom is 0.231 e. The molecule has 1 aliphatic heterocycles. The average molecular weight is 293 g/mol. The van der Waals surface area contributed by atoms with Crippen LogP contribution < -0.4 is 19.5 Å². The molecule has 0 bridgehead atoms. The van der Waals surface area contributed by atoms with Gasteiger partial charge in [0.2, 0.25) is 6.79 Å². The fraction of sp³-hybridized carbons (Fsp3) is 0.647. The first-order valence-corrected chi connectivity index (χ1v) is 7.96. The summed E-state index contributed by atoms with van der Waals surface area (Å²) in [4.78, 5) is 0. The second kappa shape index (κ2) is 8.13. The maximum absolute atomic E-state index is 5.95. The summed E-state index contributed by atoms with van der Waals surface area (Å²) in [6, 6.07) is 3.99. The van der Waals surface area contributed by atoms with Gasteiger partial charge >= 0.3 is 0 Å². The van der Waals surface area contributed by atoms with Crippen molar-refractivity contribution >= 4 is 0 Å². The molecule has 0 unspecified atom stereocenters. The minimum Gasteiger partial charge on any atom is -0.493 e. The SMILES string of the molecule is CCCCCOc1cc2c(cc1CNCC(C)C)OCO2. The highest BCUT2D eigenvalue weighted by atomic mass is 16.7. The van der Waals surface area contributed by atoms with Crippen LogP contribution in [0.4, 0.5) is 0 Å². The zero-order chi connectivity index (χ0) is 15.1. The van der Waals surface area contributed by atoms with Crippen molar-refractivity contribution in [3.05, 3.63) is 17.7 Å². The van der Waals surface area contributed by atoms with Gasteiger partial charge in [0.15, 0.2) is 11.5 Å². The molecule has 4 nitrogen and oxygen atoms in total. The van der Waals surface area contributed by atoms with Gasteiger partial charge in [-0.15, -0.1) is 0 Å². The molecule has 0 aromatic heterocycles. The lowest BCUT2D eigenvalue weighted by Crippen LogP contribution is -2.19. The zero-order valence-electron chi connectivity index (χ0n) is 13.4. The Morgan fingerprint density at radius 3 is 2.67 bits per heavy atom. The van der Waals surface area contributed by atoms with Crippen LogP contribution in [0, 0.1) is 5.92 Å². The van der Waals surface area contributed by atoms with E-state index in [0.29, 0.717) is 12.7 Å². The summed E-state index contributed by atoms with van der Waals surface area (Å²) >= 11 is 0. The van der Waals surface area contributed by atoms with Crippen LogP contribution in [0.2, 0.25) is 0 Å². The molecule has 0 saturated heterocycles. The van der Waals surface area contributed by atoms with Crippen LogP contribution in [0.5, 0.6) is 17.2 Å². The summed E-state index contributed by atoms with van der Waals surface area (Å²) in [6.07, 6.45) is 3.49. The Bertz CT molecular complexity index is 446. The molecular formula is C17H27NO3. The highest BCUT2D eigenvalue weighted by Gasteiger charge is 2.18. The Hall–Kier alpha value is -1.42. The van der Waals surface area contributed by atoms with E-state index in [2.05, 4.69) is 26.1 Å². The third-order valence-electron chi connectivity index (χ3n) is 3.43. The molecule has 1 aromatic carbocycles. The van der Waals surface area contributed by atoms with Crippen molar-refractivity contribution in [2.75, 3.05) is 19.9 Å². The molecule has 1 aromatic rings. The second-order valence-electron chi connectivity index (χ2n) is 5.89. The number of rotatable bonds is 9. The van der Waals surface area contributed by atoms with Crippen LogP contribution >= 0.6 is 0 Å². The summed E-state index contributed by atoms with van der Waals surface area (Å²) in [6.45, 7) is 9.44. The number of hydrogen-bond donors (Lipinski definition) is 1. The summed E-state index contributed by atoms with van der Waals surface area (Å²) in [5.74, 6) is 3.14. The normalized spacial score (nSPS) is 13.0. The molecule has 1 N–H and O–H groups in total. The van der Waals surface area contributed by atoms with E-state index < -0.39 is 0 Å². The van der Waals surface area contributed by atoms with Gasteiger partial charge in [-0.2, -0.15) is 0 Å². The van der Waals surface area contributed by atoms with Gasteiger partial charge in [0, 0.05) is 18.2 Å². The number of hydrogen-bond acceptors (Lipinski definition) is 4.